The summed E-state index contributed by atoms with van der Waals surface area (Å²) in [5.74, 6) is -0.831. The van der Waals surface area contributed by atoms with Gasteiger partial charge in [-0.05, 0) is 18.6 Å². The normalized spacial score (nSPS) is 10.5. The number of anilines is 1. The van der Waals surface area contributed by atoms with E-state index >= 15 is 0 Å². The monoisotopic (exact) mass is 380 g/mol. The molecule has 1 heterocycles. The van der Waals surface area contributed by atoms with Crippen LogP contribution in [0.2, 0.25) is 0 Å². The Kier molecular flexibility index (Phi) is 7.42. The Labute approximate surface area is 154 Å². The van der Waals surface area contributed by atoms with Crippen molar-refractivity contribution in [3.05, 3.63) is 40.3 Å². The summed E-state index contributed by atoms with van der Waals surface area (Å²) in [6, 6.07) is 6.56. The molecule has 0 atom stereocenters. The van der Waals surface area contributed by atoms with Crippen molar-refractivity contribution < 1.29 is 19.1 Å². The summed E-state index contributed by atoms with van der Waals surface area (Å²) in [4.78, 5) is 35.7. The molecule has 2 N–H and O–H groups in total. The van der Waals surface area contributed by atoms with Crippen LogP contribution in [0.15, 0.2) is 34.2 Å². The highest BCUT2D eigenvalue weighted by atomic mass is 32.2. The zero-order valence-electron chi connectivity index (χ0n) is 14.5. The summed E-state index contributed by atoms with van der Waals surface area (Å²) in [5.41, 5.74) is 0.300. The van der Waals surface area contributed by atoms with Crippen molar-refractivity contribution in [3.63, 3.8) is 0 Å². The highest BCUT2D eigenvalue weighted by molar-refractivity contribution is 7.99. The maximum atomic E-state index is 12.2. The number of H-pyrrole nitrogens is 1. The minimum absolute atomic E-state index is 0.0318. The first-order chi connectivity index (χ1) is 12.6. The molecule has 140 valence electrons. The molecule has 9 nitrogen and oxygen atoms in total. The number of nitrogens with zero attached hydrogens (tertiary/aromatic N) is 2. The van der Waals surface area contributed by atoms with Gasteiger partial charge in [0.25, 0.3) is 0 Å². The van der Waals surface area contributed by atoms with E-state index in [9.17, 15) is 14.4 Å². The van der Waals surface area contributed by atoms with Crippen molar-refractivity contribution in [1.82, 2.24) is 14.8 Å². The lowest BCUT2D eigenvalue weighted by molar-refractivity contribution is -0.113. The number of para-hydroxylation sites is 1. The number of aromatic amines is 1. The van der Waals surface area contributed by atoms with Crippen LogP contribution in [0.25, 0.3) is 0 Å². The Morgan fingerprint density at radius 2 is 2.08 bits per heavy atom. The number of ether oxygens (including phenoxy) is 2. The predicted octanol–water partition coefficient (Wildman–Crippen LogP) is 1.13. The molecular formula is C16H20N4O5S. The molecule has 1 amide bonds. The van der Waals surface area contributed by atoms with Crippen LogP contribution < -0.4 is 11.0 Å². The maximum absolute atomic E-state index is 12.2. The average Bonchev–Trinajstić information content (AvgIpc) is 3.00. The number of hydrogen-bond donors (Lipinski definition) is 2. The van der Waals surface area contributed by atoms with Crippen LogP contribution >= 0.6 is 11.8 Å². The van der Waals surface area contributed by atoms with Crippen LogP contribution in [0.1, 0.15) is 16.8 Å². The number of carbonyl (C=O) groups is 2. The lowest BCUT2D eigenvalue weighted by atomic mass is 10.2. The van der Waals surface area contributed by atoms with Crippen LogP contribution in [0.3, 0.4) is 0 Å². The number of esters is 1. The summed E-state index contributed by atoms with van der Waals surface area (Å²) in [5, 5.41) is 9.39. The summed E-state index contributed by atoms with van der Waals surface area (Å²) >= 11 is 1.12. The standard InChI is InChI=1S/C16H20N4O5S/c1-24-9-5-8-20-15(23)18-19-16(20)26-10-13(21)17-12-7-4-3-6-11(12)14(22)25-2/h3-4,6-7H,5,8-10H2,1-2H3,(H,17,21)(H,18,23). The van der Waals surface area contributed by atoms with E-state index in [4.69, 9.17) is 9.47 Å². The third-order valence-corrected chi connectivity index (χ3v) is 4.37. The third-order valence-electron chi connectivity index (χ3n) is 3.39. The predicted molar refractivity (Wildman–Crippen MR) is 96.5 cm³/mol. The second-order valence-electron chi connectivity index (χ2n) is 5.18. The Bertz CT molecular complexity index is 817. The molecule has 0 aliphatic carbocycles. The van der Waals surface area contributed by atoms with Gasteiger partial charge in [0.1, 0.15) is 0 Å². The Hall–Kier alpha value is -2.59. The fraction of sp³-hybridized carbons (Fsp3) is 0.375. The van der Waals surface area contributed by atoms with Gasteiger partial charge in [-0.3, -0.25) is 9.36 Å². The van der Waals surface area contributed by atoms with Gasteiger partial charge in [-0.15, -0.1) is 5.10 Å². The van der Waals surface area contributed by atoms with Gasteiger partial charge < -0.3 is 14.8 Å². The van der Waals surface area contributed by atoms with Gasteiger partial charge in [0.05, 0.1) is 24.1 Å². The number of hydrogen-bond acceptors (Lipinski definition) is 7. The zero-order chi connectivity index (χ0) is 18.9. The molecule has 1 aromatic heterocycles. The largest absolute Gasteiger partial charge is 0.465 e. The molecule has 0 radical (unpaired) electrons. The molecule has 0 bridgehead atoms. The van der Waals surface area contributed by atoms with Gasteiger partial charge in [0.15, 0.2) is 5.16 Å². The Morgan fingerprint density at radius 3 is 2.81 bits per heavy atom. The zero-order valence-corrected chi connectivity index (χ0v) is 15.3. The number of aromatic nitrogens is 3. The molecule has 0 aliphatic heterocycles. The first kappa shape index (κ1) is 19.7. The van der Waals surface area contributed by atoms with Crippen LogP contribution in [0.4, 0.5) is 5.69 Å². The second-order valence-corrected chi connectivity index (χ2v) is 6.13. The van der Waals surface area contributed by atoms with Crippen LogP contribution in [-0.4, -0.2) is 53.2 Å². The van der Waals surface area contributed by atoms with E-state index in [0.717, 1.165) is 11.8 Å². The summed E-state index contributed by atoms with van der Waals surface area (Å²) < 4.78 is 11.1. The van der Waals surface area contributed by atoms with Crippen LogP contribution in [0, 0.1) is 0 Å². The molecule has 0 unspecified atom stereocenters. The quantitative estimate of drug-likeness (QED) is 0.380. The molecule has 2 aromatic rings. The molecular weight excluding hydrogens is 360 g/mol. The Balaban J connectivity index is 1.98. The summed E-state index contributed by atoms with van der Waals surface area (Å²) in [6.07, 6.45) is 0.655. The molecule has 0 aliphatic rings. The van der Waals surface area contributed by atoms with Crippen LogP contribution in [0.5, 0.6) is 0 Å². The number of nitrogens with one attached hydrogen (secondary N) is 2. The van der Waals surface area contributed by atoms with Crippen molar-refractivity contribution in [1.29, 1.82) is 0 Å². The van der Waals surface area contributed by atoms with Gasteiger partial charge in [-0.1, -0.05) is 23.9 Å². The lowest BCUT2D eigenvalue weighted by Crippen LogP contribution is -2.20. The van der Waals surface area contributed by atoms with Gasteiger partial charge in [-0.25, -0.2) is 14.7 Å². The highest BCUT2D eigenvalue weighted by Gasteiger charge is 2.15. The van der Waals surface area contributed by atoms with E-state index in [-0.39, 0.29) is 22.9 Å². The first-order valence-electron chi connectivity index (χ1n) is 7.81. The first-order valence-corrected chi connectivity index (χ1v) is 8.79. The van der Waals surface area contributed by atoms with E-state index in [0.29, 0.717) is 30.4 Å². The molecule has 10 heteroatoms. The third kappa shape index (κ3) is 5.20. The van der Waals surface area contributed by atoms with Gasteiger partial charge in [-0.2, -0.15) is 0 Å². The van der Waals surface area contributed by atoms with E-state index < -0.39 is 5.97 Å². The number of methoxy groups -OCH3 is 2. The number of amides is 1. The molecule has 0 saturated carbocycles. The maximum Gasteiger partial charge on any atom is 0.343 e. The topological polar surface area (TPSA) is 115 Å². The SMILES string of the molecule is COCCCn1c(SCC(=O)Nc2ccccc2C(=O)OC)n[nH]c1=O. The van der Waals surface area contributed by atoms with E-state index in [1.807, 2.05) is 0 Å². The minimum Gasteiger partial charge on any atom is -0.465 e. The highest BCUT2D eigenvalue weighted by Crippen LogP contribution is 2.18. The molecule has 0 spiro atoms. The van der Waals surface area contributed by atoms with Crippen molar-refractivity contribution in [3.8, 4) is 0 Å². The smallest absolute Gasteiger partial charge is 0.343 e. The molecule has 2 rings (SSSR count). The van der Waals surface area contributed by atoms with Crippen molar-refractivity contribution in [2.75, 3.05) is 31.9 Å². The lowest BCUT2D eigenvalue weighted by Gasteiger charge is -2.09. The molecule has 1 aromatic carbocycles. The molecule has 0 fully saturated rings. The number of benzene rings is 1. The summed E-state index contributed by atoms with van der Waals surface area (Å²) in [7, 11) is 2.86. The molecule has 0 saturated heterocycles. The van der Waals surface area contributed by atoms with Gasteiger partial charge in [0, 0.05) is 20.3 Å². The van der Waals surface area contributed by atoms with E-state index in [1.165, 1.54) is 11.7 Å². The fourth-order valence-corrected chi connectivity index (χ4v) is 2.95. The van der Waals surface area contributed by atoms with Gasteiger partial charge >= 0.3 is 11.7 Å². The fourth-order valence-electron chi connectivity index (χ4n) is 2.17. The van der Waals surface area contributed by atoms with Crippen molar-refractivity contribution in [2.24, 2.45) is 0 Å². The number of thioether (sulfide) groups is 1. The average molecular weight is 380 g/mol. The summed E-state index contributed by atoms with van der Waals surface area (Å²) in [6.45, 7) is 0.963. The number of carbonyl (C=O) groups excluding carboxylic acids is 2. The Morgan fingerprint density at radius 1 is 1.31 bits per heavy atom. The second kappa shape index (κ2) is 9.78. The van der Waals surface area contributed by atoms with Gasteiger partial charge in [0.2, 0.25) is 5.91 Å². The van der Waals surface area contributed by atoms with Crippen molar-refractivity contribution in [2.45, 2.75) is 18.1 Å². The van der Waals surface area contributed by atoms with Crippen molar-refractivity contribution >= 4 is 29.3 Å². The van der Waals surface area contributed by atoms with E-state index in [2.05, 4.69) is 15.5 Å². The number of rotatable bonds is 9. The van der Waals surface area contributed by atoms with Crippen LogP contribution in [-0.2, 0) is 20.8 Å². The minimum atomic E-state index is -0.534. The van der Waals surface area contributed by atoms with E-state index in [1.54, 1.807) is 31.4 Å². The molecule has 26 heavy (non-hydrogen) atoms.